The van der Waals surface area contributed by atoms with Crippen LogP contribution in [0.3, 0.4) is 0 Å². The highest BCUT2D eigenvalue weighted by Crippen LogP contribution is 2.55. The van der Waals surface area contributed by atoms with Crippen LogP contribution in [0, 0.1) is 0 Å². The Hall–Kier alpha value is -1.49. The number of aliphatic hydroxyl groups excluding tert-OH is 2. The van der Waals surface area contributed by atoms with Crippen LogP contribution in [0.25, 0.3) is 0 Å². The lowest BCUT2D eigenvalue weighted by molar-refractivity contribution is -0.384. The first kappa shape index (κ1) is 29.5. The van der Waals surface area contributed by atoms with Crippen LogP contribution in [0.2, 0.25) is 0 Å². The minimum atomic E-state index is -7.34. The number of rotatable bonds is 11. The SMILES string of the molecule is O=C(CCN(CCO)CCO)OCC(F)(C(F)C(F)(C(F)(F)F)C(F)(F)F)C(F)(F)F. The van der Waals surface area contributed by atoms with Gasteiger partial charge >= 0.3 is 30.2 Å². The zero-order valence-electron chi connectivity index (χ0n) is 15.2. The number of nitrogens with zero attached hydrogens (tertiary/aromatic N) is 1. The number of hydrogen-bond donors (Lipinski definition) is 2. The summed E-state index contributed by atoms with van der Waals surface area (Å²) in [5.41, 5.74) is -13.5. The molecule has 0 spiro atoms. The summed E-state index contributed by atoms with van der Waals surface area (Å²) in [6.07, 6.45) is -28.4. The van der Waals surface area contributed by atoms with Gasteiger partial charge in [0, 0.05) is 19.6 Å². The molecule has 0 aliphatic carbocycles. The van der Waals surface area contributed by atoms with Crippen LogP contribution < -0.4 is 0 Å². The standard InChI is InChI=1S/C14H17F12NO4/c15-9(11(17,13(21,22)23)14(24,25)26)10(16,12(18,19)20)7-31-8(30)1-2-27(3-5-28)4-6-29/h9,28-29H,1-7H2. The Morgan fingerprint density at radius 1 is 0.774 bits per heavy atom. The van der Waals surface area contributed by atoms with E-state index in [1.165, 1.54) is 0 Å². The molecule has 0 amide bonds. The van der Waals surface area contributed by atoms with E-state index in [9.17, 15) is 57.5 Å². The Balaban J connectivity index is 5.66. The van der Waals surface area contributed by atoms with Crippen LogP contribution in [-0.2, 0) is 9.53 Å². The summed E-state index contributed by atoms with van der Waals surface area (Å²) < 4.78 is 159. The van der Waals surface area contributed by atoms with Gasteiger partial charge < -0.3 is 14.9 Å². The van der Waals surface area contributed by atoms with E-state index in [0.717, 1.165) is 4.90 Å². The maximum absolute atomic E-state index is 14.2. The highest BCUT2D eigenvalue weighted by atomic mass is 19.4. The molecule has 0 aromatic rings. The Kier molecular flexibility index (Phi) is 9.92. The van der Waals surface area contributed by atoms with Crippen molar-refractivity contribution in [2.45, 2.75) is 42.5 Å². The predicted octanol–water partition coefficient (Wildman–Crippen LogP) is 2.65. The van der Waals surface area contributed by atoms with Crippen LogP contribution >= 0.6 is 0 Å². The molecular formula is C14H17F12NO4. The molecule has 0 saturated carbocycles. The molecule has 0 aromatic heterocycles. The molecular weight excluding hydrogens is 474 g/mol. The number of hydrogen-bond acceptors (Lipinski definition) is 5. The maximum Gasteiger partial charge on any atom is 0.434 e. The molecule has 0 bridgehead atoms. The third kappa shape index (κ3) is 6.74. The molecule has 0 heterocycles. The fourth-order valence-corrected chi connectivity index (χ4v) is 2.19. The lowest BCUT2D eigenvalue weighted by atomic mass is 9.85. The van der Waals surface area contributed by atoms with Crippen molar-refractivity contribution in [3.63, 3.8) is 0 Å². The molecule has 186 valence electrons. The van der Waals surface area contributed by atoms with Gasteiger partial charge in [-0.05, 0) is 0 Å². The summed E-state index contributed by atoms with van der Waals surface area (Å²) in [6, 6.07) is 0. The van der Waals surface area contributed by atoms with Crippen molar-refractivity contribution in [3.8, 4) is 0 Å². The van der Waals surface area contributed by atoms with Crippen LogP contribution in [-0.4, -0.2) is 96.6 Å². The molecule has 2 unspecified atom stereocenters. The van der Waals surface area contributed by atoms with Gasteiger partial charge in [0.2, 0.25) is 0 Å². The first-order valence-corrected chi connectivity index (χ1v) is 8.11. The summed E-state index contributed by atoms with van der Waals surface area (Å²) in [5, 5.41) is 17.4. The second kappa shape index (κ2) is 10.4. The molecule has 0 fully saturated rings. The molecule has 0 saturated heterocycles. The molecule has 0 radical (unpaired) electrons. The molecule has 2 atom stereocenters. The van der Waals surface area contributed by atoms with Crippen molar-refractivity contribution in [2.75, 3.05) is 39.5 Å². The Labute approximate surface area is 166 Å². The molecule has 2 N–H and O–H groups in total. The fraction of sp³-hybridized carbons (Fsp3) is 0.929. The maximum atomic E-state index is 14.2. The van der Waals surface area contributed by atoms with Crippen molar-refractivity contribution in [2.24, 2.45) is 0 Å². The number of aliphatic hydroxyl groups is 2. The third-order valence-corrected chi connectivity index (χ3v) is 3.96. The molecule has 0 aliphatic heterocycles. The van der Waals surface area contributed by atoms with Gasteiger partial charge in [0.25, 0.3) is 5.67 Å². The summed E-state index contributed by atoms with van der Waals surface area (Å²) in [4.78, 5) is 12.6. The van der Waals surface area contributed by atoms with Crippen molar-refractivity contribution < 1.29 is 72.4 Å². The first-order chi connectivity index (χ1) is 13.8. The van der Waals surface area contributed by atoms with E-state index in [2.05, 4.69) is 4.74 Å². The van der Waals surface area contributed by atoms with E-state index in [1.807, 2.05) is 0 Å². The van der Waals surface area contributed by atoms with Crippen LogP contribution in [0.15, 0.2) is 0 Å². The average molecular weight is 491 g/mol. The first-order valence-electron chi connectivity index (χ1n) is 8.11. The molecule has 0 rings (SSSR count). The van der Waals surface area contributed by atoms with Crippen molar-refractivity contribution in [1.82, 2.24) is 4.90 Å². The van der Waals surface area contributed by atoms with Crippen molar-refractivity contribution in [3.05, 3.63) is 0 Å². The average Bonchev–Trinajstić information content (AvgIpc) is 2.60. The number of alkyl halides is 12. The number of carbonyl (C=O) groups excluding carboxylic acids is 1. The number of esters is 1. The minimum absolute atomic E-state index is 0.169. The van der Waals surface area contributed by atoms with Gasteiger partial charge in [-0.3, -0.25) is 9.69 Å². The summed E-state index contributed by atoms with van der Waals surface area (Å²) in [5.74, 6) is -1.82. The molecule has 17 heteroatoms. The van der Waals surface area contributed by atoms with E-state index in [0.29, 0.717) is 0 Å². The summed E-state index contributed by atoms with van der Waals surface area (Å²) in [6.45, 7) is -4.84. The van der Waals surface area contributed by atoms with Gasteiger partial charge in [-0.2, -0.15) is 39.5 Å². The topological polar surface area (TPSA) is 70.0 Å². The van der Waals surface area contributed by atoms with Crippen molar-refractivity contribution in [1.29, 1.82) is 0 Å². The summed E-state index contributed by atoms with van der Waals surface area (Å²) >= 11 is 0. The highest BCUT2D eigenvalue weighted by molar-refractivity contribution is 5.69. The van der Waals surface area contributed by atoms with E-state index < -0.39 is 74.8 Å². The quantitative estimate of drug-likeness (QED) is 0.344. The Morgan fingerprint density at radius 2 is 1.19 bits per heavy atom. The zero-order valence-corrected chi connectivity index (χ0v) is 15.2. The monoisotopic (exact) mass is 491 g/mol. The number of ether oxygens (including phenoxy) is 1. The van der Waals surface area contributed by atoms with Gasteiger partial charge in [-0.1, -0.05) is 0 Å². The minimum Gasteiger partial charge on any atom is -0.462 e. The number of carbonyl (C=O) groups is 1. The van der Waals surface area contributed by atoms with Crippen LogP contribution in [0.4, 0.5) is 52.7 Å². The van der Waals surface area contributed by atoms with Crippen LogP contribution in [0.5, 0.6) is 0 Å². The van der Waals surface area contributed by atoms with Gasteiger partial charge in [0.05, 0.1) is 19.6 Å². The second-order valence-electron chi connectivity index (χ2n) is 6.13. The molecule has 5 nitrogen and oxygen atoms in total. The Bertz CT molecular complexity index is 559. The number of halogens is 12. The predicted molar refractivity (Wildman–Crippen MR) is 76.9 cm³/mol. The van der Waals surface area contributed by atoms with E-state index in [-0.39, 0.29) is 13.1 Å². The van der Waals surface area contributed by atoms with E-state index in [1.54, 1.807) is 0 Å². The molecule has 0 aliphatic rings. The fourth-order valence-electron chi connectivity index (χ4n) is 2.19. The molecule has 0 aromatic carbocycles. The van der Waals surface area contributed by atoms with E-state index >= 15 is 0 Å². The molecule has 31 heavy (non-hydrogen) atoms. The zero-order chi connectivity index (χ0) is 24.9. The highest BCUT2D eigenvalue weighted by Gasteiger charge is 2.84. The lowest BCUT2D eigenvalue weighted by Gasteiger charge is -2.39. The largest absolute Gasteiger partial charge is 0.462 e. The van der Waals surface area contributed by atoms with Gasteiger partial charge in [-0.25, -0.2) is 13.2 Å². The van der Waals surface area contributed by atoms with Gasteiger partial charge in [0.1, 0.15) is 6.61 Å². The van der Waals surface area contributed by atoms with E-state index in [4.69, 9.17) is 10.2 Å². The van der Waals surface area contributed by atoms with Gasteiger partial charge in [0.15, 0.2) is 6.17 Å². The normalized spacial score (nSPS) is 16.9. The second-order valence-corrected chi connectivity index (χ2v) is 6.13. The summed E-state index contributed by atoms with van der Waals surface area (Å²) in [7, 11) is 0. The van der Waals surface area contributed by atoms with Crippen molar-refractivity contribution >= 4 is 5.97 Å². The van der Waals surface area contributed by atoms with Gasteiger partial charge in [-0.15, -0.1) is 0 Å². The smallest absolute Gasteiger partial charge is 0.434 e. The lowest BCUT2D eigenvalue weighted by Crippen LogP contribution is -2.69. The third-order valence-electron chi connectivity index (χ3n) is 3.96. The van der Waals surface area contributed by atoms with Crippen LogP contribution in [0.1, 0.15) is 6.42 Å². The Morgan fingerprint density at radius 3 is 1.52 bits per heavy atom.